The molecule has 5 nitrogen and oxygen atoms in total. The van der Waals surface area contributed by atoms with Gasteiger partial charge in [0.05, 0.1) is 0 Å². The quantitative estimate of drug-likeness (QED) is 0.691. The molecule has 5 heteroatoms. The minimum atomic E-state index is -0.998. The molecule has 158 valence electrons. The fraction of sp³-hybridized carbons (Fsp3) is 0.440. The Balaban J connectivity index is 1.37. The van der Waals surface area contributed by atoms with E-state index in [1.807, 2.05) is 24.3 Å². The first-order valence-electron chi connectivity index (χ1n) is 10.9. The van der Waals surface area contributed by atoms with Gasteiger partial charge in [0.2, 0.25) is 0 Å². The van der Waals surface area contributed by atoms with Crippen LogP contribution < -0.4 is 5.32 Å². The second-order valence-electron chi connectivity index (χ2n) is 8.72. The van der Waals surface area contributed by atoms with Crippen LogP contribution >= 0.6 is 0 Å². The monoisotopic (exact) mass is 407 g/mol. The van der Waals surface area contributed by atoms with Gasteiger partial charge >= 0.3 is 12.1 Å². The van der Waals surface area contributed by atoms with Crippen molar-refractivity contribution in [3.05, 3.63) is 59.7 Å². The van der Waals surface area contributed by atoms with Crippen LogP contribution in [0.3, 0.4) is 0 Å². The van der Waals surface area contributed by atoms with E-state index in [0.29, 0.717) is 18.3 Å². The summed E-state index contributed by atoms with van der Waals surface area (Å²) >= 11 is 0. The zero-order chi connectivity index (χ0) is 21.1. The van der Waals surface area contributed by atoms with Crippen LogP contribution in [0.5, 0.6) is 0 Å². The summed E-state index contributed by atoms with van der Waals surface area (Å²) in [6.45, 7) is 2.42. The highest BCUT2D eigenvalue weighted by Crippen LogP contribution is 2.44. The second kappa shape index (κ2) is 8.90. The Kier molecular flexibility index (Phi) is 6.07. The molecule has 0 radical (unpaired) electrons. The summed E-state index contributed by atoms with van der Waals surface area (Å²) in [5.74, 6) is 0.0178. The molecule has 2 aromatic rings. The Morgan fingerprint density at radius 3 is 2.13 bits per heavy atom. The molecule has 2 aromatic carbocycles. The standard InChI is InChI=1S/C25H29NO4/c1-16-10-12-17(13-11-16)14-23(24(27)28)26-25(29)30-15-22-20-8-4-2-6-18(20)19-7-3-5-9-21(19)22/h2-9,16-17,22-23H,10-15H2,1H3,(H,26,29)(H,27,28)/t16?,17?,23-/m1/s1. The largest absolute Gasteiger partial charge is 0.480 e. The molecule has 0 bridgehead atoms. The molecule has 30 heavy (non-hydrogen) atoms. The molecular formula is C25H29NO4. The fourth-order valence-electron chi connectivity index (χ4n) is 4.90. The second-order valence-corrected chi connectivity index (χ2v) is 8.72. The third-order valence-corrected chi connectivity index (χ3v) is 6.64. The smallest absolute Gasteiger partial charge is 0.407 e. The van der Waals surface area contributed by atoms with Crippen LogP contribution in [0.25, 0.3) is 11.1 Å². The van der Waals surface area contributed by atoms with E-state index in [-0.39, 0.29) is 12.5 Å². The number of carboxylic acid groups (broad SMARTS) is 1. The summed E-state index contributed by atoms with van der Waals surface area (Å²) in [6, 6.07) is 15.4. The van der Waals surface area contributed by atoms with Gasteiger partial charge in [-0.05, 0) is 40.5 Å². The van der Waals surface area contributed by atoms with E-state index >= 15 is 0 Å². The lowest BCUT2D eigenvalue weighted by Gasteiger charge is -2.28. The number of fused-ring (bicyclic) bond motifs is 3. The number of carbonyl (C=O) groups excluding carboxylic acids is 1. The lowest BCUT2D eigenvalue weighted by atomic mass is 9.80. The molecule has 0 saturated heterocycles. The number of benzene rings is 2. The molecule has 1 fully saturated rings. The highest BCUT2D eigenvalue weighted by molar-refractivity contribution is 5.81. The predicted octanol–water partition coefficient (Wildman–Crippen LogP) is 5.19. The van der Waals surface area contributed by atoms with Gasteiger partial charge in [-0.1, -0.05) is 81.1 Å². The van der Waals surface area contributed by atoms with Gasteiger partial charge < -0.3 is 15.2 Å². The number of aliphatic carboxylic acids is 1. The number of carbonyl (C=O) groups is 2. The Morgan fingerprint density at radius 1 is 1.00 bits per heavy atom. The minimum Gasteiger partial charge on any atom is -0.480 e. The van der Waals surface area contributed by atoms with E-state index in [1.54, 1.807) is 0 Å². The Labute approximate surface area is 177 Å². The number of hydrogen-bond donors (Lipinski definition) is 2. The van der Waals surface area contributed by atoms with Crippen molar-refractivity contribution in [3.63, 3.8) is 0 Å². The number of alkyl carbamates (subject to hydrolysis) is 1. The van der Waals surface area contributed by atoms with Crippen LogP contribution in [0.1, 0.15) is 56.1 Å². The molecule has 2 aliphatic carbocycles. The maximum absolute atomic E-state index is 12.4. The van der Waals surface area contributed by atoms with E-state index in [0.717, 1.165) is 47.9 Å². The molecule has 0 spiro atoms. The average molecular weight is 408 g/mol. The zero-order valence-electron chi connectivity index (χ0n) is 17.3. The minimum absolute atomic E-state index is 0.0359. The third kappa shape index (κ3) is 4.35. The first-order chi connectivity index (χ1) is 14.5. The van der Waals surface area contributed by atoms with Crippen LogP contribution in [0, 0.1) is 11.8 Å². The van der Waals surface area contributed by atoms with Crippen LogP contribution in [0.4, 0.5) is 4.79 Å². The average Bonchev–Trinajstić information content (AvgIpc) is 3.07. The van der Waals surface area contributed by atoms with Gasteiger partial charge in [-0.3, -0.25) is 0 Å². The van der Waals surface area contributed by atoms with Gasteiger partial charge in [0.15, 0.2) is 0 Å². The summed E-state index contributed by atoms with van der Waals surface area (Å²) in [5.41, 5.74) is 4.60. The van der Waals surface area contributed by atoms with Crippen molar-refractivity contribution >= 4 is 12.1 Å². The molecule has 0 heterocycles. The van der Waals surface area contributed by atoms with Crippen molar-refractivity contribution in [2.75, 3.05) is 6.61 Å². The van der Waals surface area contributed by atoms with Crippen molar-refractivity contribution < 1.29 is 19.4 Å². The number of nitrogens with one attached hydrogen (secondary N) is 1. The number of amides is 1. The van der Waals surface area contributed by atoms with Gasteiger partial charge in [0, 0.05) is 5.92 Å². The Hall–Kier alpha value is -2.82. The summed E-state index contributed by atoms with van der Waals surface area (Å²) in [7, 11) is 0. The highest BCUT2D eigenvalue weighted by atomic mass is 16.5. The molecule has 0 unspecified atom stereocenters. The molecule has 0 aromatic heterocycles. The lowest BCUT2D eigenvalue weighted by Crippen LogP contribution is -2.43. The summed E-state index contributed by atoms with van der Waals surface area (Å²) < 4.78 is 5.51. The molecule has 4 rings (SSSR count). The summed E-state index contributed by atoms with van der Waals surface area (Å²) in [4.78, 5) is 24.1. The third-order valence-electron chi connectivity index (χ3n) is 6.64. The predicted molar refractivity (Wildman–Crippen MR) is 115 cm³/mol. The molecule has 2 N–H and O–H groups in total. The van der Waals surface area contributed by atoms with Gasteiger partial charge in [-0.25, -0.2) is 9.59 Å². The van der Waals surface area contributed by atoms with E-state index < -0.39 is 18.1 Å². The summed E-state index contributed by atoms with van der Waals surface area (Å²) in [5, 5.41) is 12.2. The van der Waals surface area contributed by atoms with Gasteiger partial charge in [0.1, 0.15) is 12.6 Å². The van der Waals surface area contributed by atoms with Crippen LogP contribution in [-0.2, 0) is 9.53 Å². The van der Waals surface area contributed by atoms with Crippen molar-refractivity contribution in [2.45, 2.75) is 51.0 Å². The van der Waals surface area contributed by atoms with Crippen molar-refractivity contribution in [1.82, 2.24) is 5.32 Å². The Morgan fingerprint density at radius 2 is 1.57 bits per heavy atom. The summed E-state index contributed by atoms with van der Waals surface area (Å²) in [6.07, 6.45) is 4.11. The molecular weight excluding hydrogens is 378 g/mol. The number of ether oxygens (including phenoxy) is 1. The first-order valence-corrected chi connectivity index (χ1v) is 10.9. The SMILES string of the molecule is CC1CCC(C[C@@H](NC(=O)OCC2c3ccccc3-c3ccccc32)C(=O)O)CC1. The highest BCUT2D eigenvalue weighted by Gasteiger charge is 2.31. The molecule has 1 saturated carbocycles. The van der Waals surface area contributed by atoms with Crippen LogP contribution in [-0.4, -0.2) is 29.8 Å². The maximum atomic E-state index is 12.4. The number of hydrogen-bond acceptors (Lipinski definition) is 3. The fourth-order valence-corrected chi connectivity index (χ4v) is 4.90. The normalized spacial score (nSPS) is 21.4. The molecule has 2 aliphatic rings. The van der Waals surface area contributed by atoms with Crippen molar-refractivity contribution in [3.8, 4) is 11.1 Å². The molecule has 1 amide bonds. The number of carboxylic acids is 1. The maximum Gasteiger partial charge on any atom is 0.407 e. The van der Waals surface area contributed by atoms with Crippen molar-refractivity contribution in [1.29, 1.82) is 0 Å². The zero-order valence-corrected chi connectivity index (χ0v) is 17.3. The van der Waals surface area contributed by atoms with Crippen LogP contribution in [0.15, 0.2) is 48.5 Å². The van der Waals surface area contributed by atoms with Gasteiger partial charge in [-0.2, -0.15) is 0 Å². The van der Waals surface area contributed by atoms with Crippen molar-refractivity contribution in [2.24, 2.45) is 11.8 Å². The number of rotatable bonds is 6. The molecule has 0 aliphatic heterocycles. The Bertz CT molecular complexity index is 871. The first kappa shape index (κ1) is 20.5. The van der Waals surface area contributed by atoms with E-state index in [4.69, 9.17) is 4.74 Å². The molecule has 1 atom stereocenters. The van der Waals surface area contributed by atoms with E-state index in [9.17, 15) is 14.7 Å². The van der Waals surface area contributed by atoms with Crippen LogP contribution in [0.2, 0.25) is 0 Å². The van der Waals surface area contributed by atoms with Gasteiger partial charge in [-0.15, -0.1) is 0 Å². The van der Waals surface area contributed by atoms with Gasteiger partial charge in [0.25, 0.3) is 0 Å². The topological polar surface area (TPSA) is 75.6 Å². The lowest BCUT2D eigenvalue weighted by molar-refractivity contribution is -0.139. The van der Waals surface area contributed by atoms with E-state index in [1.165, 1.54) is 0 Å². The van der Waals surface area contributed by atoms with E-state index in [2.05, 4.69) is 36.5 Å².